The minimum absolute atomic E-state index is 0.358. The molecule has 18 heavy (non-hydrogen) atoms. The molecular weight excluding hydrogens is 224 g/mol. The van der Waals surface area contributed by atoms with Gasteiger partial charge in [-0.15, -0.1) is 0 Å². The van der Waals surface area contributed by atoms with Crippen molar-refractivity contribution in [2.45, 2.75) is 45.2 Å². The van der Waals surface area contributed by atoms with Crippen molar-refractivity contribution in [2.75, 3.05) is 0 Å². The van der Waals surface area contributed by atoms with Gasteiger partial charge in [-0.25, -0.2) is 0 Å². The zero-order valence-electron chi connectivity index (χ0n) is 11.0. The quantitative estimate of drug-likeness (QED) is 0.838. The molecule has 0 bridgehead atoms. The number of carbonyl (C=O) groups is 1. The van der Waals surface area contributed by atoms with Gasteiger partial charge in [0, 0.05) is 18.2 Å². The molecule has 0 radical (unpaired) electrons. The fourth-order valence-electron chi connectivity index (χ4n) is 2.73. The SMILES string of the molecule is CCC1CCC(NCc2cccc(C(N)=O)c2)C1. The highest BCUT2D eigenvalue weighted by atomic mass is 16.1. The third-order valence-electron chi connectivity index (χ3n) is 3.92. The molecule has 2 atom stereocenters. The van der Waals surface area contributed by atoms with Crippen molar-refractivity contribution in [3.05, 3.63) is 35.4 Å². The van der Waals surface area contributed by atoms with E-state index >= 15 is 0 Å². The average molecular weight is 246 g/mol. The van der Waals surface area contributed by atoms with Gasteiger partial charge in [0.05, 0.1) is 0 Å². The second-order valence-electron chi connectivity index (χ2n) is 5.23. The Morgan fingerprint density at radius 2 is 2.28 bits per heavy atom. The summed E-state index contributed by atoms with van der Waals surface area (Å²) in [5.74, 6) is 0.531. The van der Waals surface area contributed by atoms with Crippen molar-refractivity contribution in [3.63, 3.8) is 0 Å². The van der Waals surface area contributed by atoms with Crippen molar-refractivity contribution >= 4 is 5.91 Å². The minimum Gasteiger partial charge on any atom is -0.366 e. The molecule has 1 fully saturated rings. The lowest BCUT2D eigenvalue weighted by atomic mass is 10.1. The van der Waals surface area contributed by atoms with Gasteiger partial charge in [-0.3, -0.25) is 4.79 Å². The summed E-state index contributed by atoms with van der Waals surface area (Å²) in [6, 6.07) is 8.19. The summed E-state index contributed by atoms with van der Waals surface area (Å²) in [6.07, 6.45) is 5.19. The van der Waals surface area contributed by atoms with E-state index in [9.17, 15) is 4.79 Å². The number of primary amides is 1. The Labute approximate surface area is 109 Å². The van der Waals surface area contributed by atoms with E-state index in [4.69, 9.17) is 5.73 Å². The predicted molar refractivity (Wildman–Crippen MR) is 73.2 cm³/mol. The van der Waals surface area contributed by atoms with Crippen LogP contribution in [0.15, 0.2) is 24.3 Å². The van der Waals surface area contributed by atoms with Crippen LogP contribution in [0, 0.1) is 5.92 Å². The summed E-state index contributed by atoms with van der Waals surface area (Å²) < 4.78 is 0. The number of hydrogen-bond donors (Lipinski definition) is 2. The van der Waals surface area contributed by atoms with Crippen LogP contribution >= 0.6 is 0 Å². The summed E-state index contributed by atoms with van der Waals surface area (Å²) in [4.78, 5) is 11.1. The molecule has 1 amide bonds. The number of hydrogen-bond acceptors (Lipinski definition) is 2. The van der Waals surface area contributed by atoms with Crippen LogP contribution in [-0.4, -0.2) is 11.9 Å². The maximum Gasteiger partial charge on any atom is 0.248 e. The van der Waals surface area contributed by atoms with Gasteiger partial charge in [0.15, 0.2) is 0 Å². The zero-order chi connectivity index (χ0) is 13.0. The Balaban J connectivity index is 1.87. The lowest BCUT2D eigenvalue weighted by Crippen LogP contribution is -2.26. The first-order valence-corrected chi connectivity index (χ1v) is 6.81. The van der Waals surface area contributed by atoms with Gasteiger partial charge in [0.2, 0.25) is 5.91 Å². The number of nitrogens with two attached hydrogens (primary N) is 1. The van der Waals surface area contributed by atoms with Crippen LogP contribution in [0.25, 0.3) is 0 Å². The number of amides is 1. The third kappa shape index (κ3) is 3.33. The average Bonchev–Trinajstić information content (AvgIpc) is 2.84. The molecule has 3 heteroatoms. The maximum atomic E-state index is 11.1. The van der Waals surface area contributed by atoms with Gasteiger partial charge in [0.25, 0.3) is 0 Å². The molecule has 2 rings (SSSR count). The molecule has 3 N–H and O–H groups in total. The van der Waals surface area contributed by atoms with E-state index in [0.717, 1.165) is 18.0 Å². The normalized spacial score (nSPS) is 23.2. The fraction of sp³-hybridized carbons (Fsp3) is 0.533. The lowest BCUT2D eigenvalue weighted by molar-refractivity contribution is 0.1000. The molecule has 1 aromatic rings. The standard InChI is InChI=1S/C15H22N2O/c1-2-11-6-7-14(9-11)17-10-12-4-3-5-13(8-12)15(16)18/h3-5,8,11,14,17H,2,6-7,9-10H2,1H3,(H2,16,18). The van der Waals surface area contributed by atoms with Crippen LogP contribution in [0.1, 0.15) is 48.5 Å². The molecule has 1 aliphatic carbocycles. The van der Waals surface area contributed by atoms with E-state index in [2.05, 4.69) is 12.2 Å². The van der Waals surface area contributed by atoms with Crippen LogP contribution in [-0.2, 0) is 6.54 Å². The van der Waals surface area contributed by atoms with Crippen LogP contribution in [0.3, 0.4) is 0 Å². The van der Waals surface area contributed by atoms with Gasteiger partial charge in [-0.05, 0) is 42.9 Å². The van der Waals surface area contributed by atoms with Crippen molar-refractivity contribution in [1.29, 1.82) is 0 Å². The lowest BCUT2D eigenvalue weighted by Gasteiger charge is -2.13. The molecule has 2 unspecified atom stereocenters. The van der Waals surface area contributed by atoms with E-state index in [-0.39, 0.29) is 5.91 Å². The first-order valence-electron chi connectivity index (χ1n) is 6.81. The molecule has 0 saturated heterocycles. The number of nitrogens with one attached hydrogen (secondary N) is 1. The summed E-state index contributed by atoms with van der Waals surface area (Å²) in [6.45, 7) is 3.09. The molecule has 1 aromatic carbocycles. The molecule has 1 saturated carbocycles. The number of benzene rings is 1. The number of carbonyl (C=O) groups excluding carboxylic acids is 1. The minimum atomic E-state index is -0.358. The highest BCUT2D eigenvalue weighted by Gasteiger charge is 2.22. The molecule has 0 heterocycles. The predicted octanol–water partition coefficient (Wildman–Crippen LogP) is 2.45. The molecule has 0 spiro atoms. The summed E-state index contributed by atoms with van der Waals surface area (Å²) in [5.41, 5.74) is 7.00. The molecule has 0 aliphatic heterocycles. The Bertz CT molecular complexity index is 417. The first-order chi connectivity index (χ1) is 8.69. The van der Waals surface area contributed by atoms with Crippen molar-refractivity contribution < 1.29 is 4.79 Å². The molecule has 1 aliphatic rings. The van der Waals surface area contributed by atoms with E-state index in [0.29, 0.717) is 11.6 Å². The Kier molecular flexibility index (Phi) is 4.37. The number of rotatable bonds is 5. The van der Waals surface area contributed by atoms with E-state index in [1.165, 1.54) is 25.7 Å². The molecular formula is C15H22N2O. The van der Waals surface area contributed by atoms with Gasteiger partial charge >= 0.3 is 0 Å². The zero-order valence-corrected chi connectivity index (χ0v) is 11.0. The Morgan fingerprint density at radius 1 is 1.44 bits per heavy atom. The Morgan fingerprint density at radius 3 is 2.94 bits per heavy atom. The van der Waals surface area contributed by atoms with Crippen LogP contribution in [0.5, 0.6) is 0 Å². The van der Waals surface area contributed by atoms with Crippen LogP contribution in [0.4, 0.5) is 0 Å². The molecule has 3 nitrogen and oxygen atoms in total. The monoisotopic (exact) mass is 246 g/mol. The van der Waals surface area contributed by atoms with Crippen molar-refractivity contribution in [2.24, 2.45) is 11.7 Å². The highest BCUT2D eigenvalue weighted by molar-refractivity contribution is 5.92. The molecule has 0 aromatic heterocycles. The van der Waals surface area contributed by atoms with Gasteiger partial charge < -0.3 is 11.1 Å². The van der Waals surface area contributed by atoms with E-state index in [1.807, 2.05) is 18.2 Å². The van der Waals surface area contributed by atoms with E-state index in [1.54, 1.807) is 6.07 Å². The third-order valence-corrected chi connectivity index (χ3v) is 3.92. The topological polar surface area (TPSA) is 55.1 Å². The van der Waals surface area contributed by atoms with Crippen LogP contribution in [0.2, 0.25) is 0 Å². The summed E-state index contributed by atoms with van der Waals surface area (Å²) in [7, 11) is 0. The maximum absolute atomic E-state index is 11.1. The van der Waals surface area contributed by atoms with Crippen LogP contribution < -0.4 is 11.1 Å². The first kappa shape index (κ1) is 13.1. The van der Waals surface area contributed by atoms with Crippen molar-refractivity contribution in [1.82, 2.24) is 5.32 Å². The van der Waals surface area contributed by atoms with Gasteiger partial charge in [-0.2, -0.15) is 0 Å². The Hall–Kier alpha value is -1.35. The second kappa shape index (κ2) is 6.01. The second-order valence-corrected chi connectivity index (χ2v) is 5.23. The largest absolute Gasteiger partial charge is 0.366 e. The summed E-state index contributed by atoms with van der Waals surface area (Å²) in [5, 5.41) is 3.58. The summed E-state index contributed by atoms with van der Waals surface area (Å²) >= 11 is 0. The fourth-order valence-corrected chi connectivity index (χ4v) is 2.73. The highest BCUT2D eigenvalue weighted by Crippen LogP contribution is 2.27. The van der Waals surface area contributed by atoms with E-state index < -0.39 is 0 Å². The van der Waals surface area contributed by atoms with Gasteiger partial charge in [-0.1, -0.05) is 25.5 Å². The van der Waals surface area contributed by atoms with Crippen molar-refractivity contribution in [3.8, 4) is 0 Å². The smallest absolute Gasteiger partial charge is 0.248 e. The molecule has 98 valence electrons. The van der Waals surface area contributed by atoms with Gasteiger partial charge in [0.1, 0.15) is 0 Å².